The van der Waals surface area contributed by atoms with Crippen LogP contribution in [0, 0.1) is 5.92 Å². The molecule has 3 heteroatoms. The van der Waals surface area contributed by atoms with Gasteiger partial charge < -0.3 is 10.6 Å². The fourth-order valence-electron chi connectivity index (χ4n) is 2.57. The summed E-state index contributed by atoms with van der Waals surface area (Å²) in [4.78, 5) is 4.56. The third-order valence-corrected chi connectivity index (χ3v) is 3.40. The van der Waals surface area contributed by atoms with Crippen molar-refractivity contribution in [2.75, 3.05) is 17.2 Å². The molecule has 1 aliphatic carbocycles. The highest BCUT2D eigenvalue weighted by Crippen LogP contribution is 2.25. The van der Waals surface area contributed by atoms with E-state index in [1.165, 1.54) is 25.7 Å². The molecule has 94 valence electrons. The second-order valence-electron chi connectivity index (χ2n) is 5.05. The molecule has 2 rings (SSSR count). The molecule has 1 aliphatic rings. The average molecular weight is 233 g/mol. The third-order valence-electron chi connectivity index (χ3n) is 3.40. The zero-order valence-corrected chi connectivity index (χ0v) is 10.9. The maximum absolute atomic E-state index is 4.56. The SMILES string of the molecule is CCNc1cccc(NC2CCCC(C)C2)n1. The van der Waals surface area contributed by atoms with E-state index < -0.39 is 0 Å². The number of aromatic nitrogens is 1. The molecule has 0 spiro atoms. The highest BCUT2D eigenvalue weighted by atomic mass is 15.1. The van der Waals surface area contributed by atoms with Crippen LogP contribution < -0.4 is 10.6 Å². The summed E-state index contributed by atoms with van der Waals surface area (Å²) in [6, 6.07) is 6.72. The molecule has 1 heterocycles. The minimum atomic E-state index is 0.600. The Bertz CT molecular complexity index is 351. The smallest absolute Gasteiger partial charge is 0.128 e. The van der Waals surface area contributed by atoms with Crippen molar-refractivity contribution in [1.82, 2.24) is 4.98 Å². The molecular formula is C14H23N3. The van der Waals surface area contributed by atoms with Crippen molar-refractivity contribution in [3.8, 4) is 0 Å². The number of hydrogen-bond acceptors (Lipinski definition) is 3. The molecule has 1 fully saturated rings. The molecule has 0 amide bonds. The zero-order chi connectivity index (χ0) is 12.1. The third kappa shape index (κ3) is 3.62. The molecule has 2 atom stereocenters. The number of anilines is 2. The van der Waals surface area contributed by atoms with Crippen LogP contribution in [0.2, 0.25) is 0 Å². The van der Waals surface area contributed by atoms with Gasteiger partial charge in [0.05, 0.1) is 0 Å². The van der Waals surface area contributed by atoms with Crippen molar-refractivity contribution in [1.29, 1.82) is 0 Å². The number of nitrogens with one attached hydrogen (secondary N) is 2. The normalized spacial score (nSPS) is 24.4. The van der Waals surface area contributed by atoms with E-state index in [0.29, 0.717) is 6.04 Å². The van der Waals surface area contributed by atoms with E-state index in [9.17, 15) is 0 Å². The van der Waals surface area contributed by atoms with Crippen LogP contribution in [0.4, 0.5) is 11.6 Å². The van der Waals surface area contributed by atoms with Crippen LogP contribution in [0.5, 0.6) is 0 Å². The summed E-state index contributed by atoms with van der Waals surface area (Å²) in [7, 11) is 0. The van der Waals surface area contributed by atoms with Gasteiger partial charge in [-0.25, -0.2) is 4.98 Å². The molecule has 0 radical (unpaired) electrons. The highest BCUT2D eigenvalue weighted by Gasteiger charge is 2.18. The quantitative estimate of drug-likeness (QED) is 0.835. The van der Waals surface area contributed by atoms with Crippen LogP contribution >= 0.6 is 0 Å². The van der Waals surface area contributed by atoms with Crippen LogP contribution in [-0.2, 0) is 0 Å². The van der Waals surface area contributed by atoms with E-state index in [2.05, 4.69) is 41.6 Å². The van der Waals surface area contributed by atoms with Gasteiger partial charge in [0.1, 0.15) is 11.6 Å². The lowest BCUT2D eigenvalue weighted by Crippen LogP contribution is -2.26. The van der Waals surface area contributed by atoms with Crippen LogP contribution in [0.15, 0.2) is 18.2 Å². The standard InChI is InChI=1S/C14H23N3/c1-3-15-13-8-5-9-14(17-13)16-12-7-4-6-11(2)10-12/h5,8-9,11-12H,3-4,6-7,10H2,1-2H3,(H2,15,16,17). The molecule has 0 bridgehead atoms. The first kappa shape index (κ1) is 12.2. The molecule has 0 aromatic carbocycles. The maximum atomic E-state index is 4.56. The second-order valence-corrected chi connectivity index (χ2v) is 5.05. The number of hydrogen-bond donors (Lipinski definition) is 2. The van der Waals surface area contributed by atoms with Crippen molar-refractivity contribution < 1.29 is 0 Å². The summed E-state index contributed by atoms with van der Waals surface area (Å²) in [5.74, 6) is 2.81. The van der Waals surface area contributed by atoms with Gasteiger partial charge in [-0.3, -0.25) is 0 Å². The van der Waals surface area contributed by atoms with E-state index >= 15 is 0 Å². The molecule has 2 unspecified atom stereocenters. The summed E-state index contributed by atoms with van der Waals surface area (Å²) >= 11 is 0. The molecule has 2 N–H and O–H groups in total. The Kier molecular flexibility index (Phi) is 4.24. The Balaban J connectivity index is 1.95. The molecular weight excluding hydrogens is 210 g/mol. The average Bonchev–Trinajstić information content (AvgIpc) is 2.30. The Labute approximate surface area is 104 Å². The minimum absolute atomic E-state index is 0.600. The first-order chi connectivity index (χ1) is 8.28. The number of nitrogens with zero attached hydrogens (tertiary/aromatic N) is 1. The fourth-order valence-corrected chi connectivity index (χ4v) is 2.57. The van der Waals surface area contributed by atoms with Gasteiger partial charge in [-0.2, -0.15) is 0 Å². The molecule has 1 aromatic heterocycles. The van der Waals surface area contributed by atoms with E-state index in [-0.39, 0.29) is 0 Å². The van der Waals surface area contributed by atoms with Gasteiger partial charge in [0, 0.05) is 12.6 Å². The number of pyridine rings is 1. The van der Waals surface area contributed by atoms with E-state index in [1.807, 2.05) is 6.07 Å². The maximum Gasteiger partial charge on any atom is 0.128 e. The van der Waals surface area contributed by atoms with Crippen molar-refractivity contribution in [2.24, 2.45) is 5.92 Å². The predicted molar refractivity (Wildman–Crippen MR) is 73.4 cm³/mol. The van der Waals surface area contributed by atoms with Gasteiger partial charge in [-0.1, -0.05) is 25.8 Å². The van der Waals surface area contributed by atoms with Crippen molar-refractivity contribution in [2.45, 2.75) is 45.6 Å². The largest absolute Gasteiger partial charge is 0.370 e. The van der Waals surface area contributed by atoms with Crippen molar-refractivity contribution >= 4 is 11.6 Å². The minimum Gasteiger partial charge on any atom is -0.370 e. The fraction of sp³-hybridized carbons (Fsp3) is 0.643. The van der Waals surface area contributed by atoms with Crippen LogP contribution in [-0.4, -0.2) is 17.6 Å². The lowest BCUT2D eigenvalue weighted by Gasteiger charge is -2.27. The summed E-state index contributed by atoms with van der Waals surface area (Å²) in [6.07, 6.45) is 5.26. The predicted octanol–water partition coefficient (Wildman–Crippen LogP) is 3.50. The Morgan fingerprint density at radius 1 is 1.29 bits per heavy atom. The Morgan fingerprint density at radius 3 is 2.88 bits per heavy atom. The first-order valence-electron chi connectivity index (χ1n) is 6.75. The van der Waals surface area contributed by atoms with Crippen molar-refractivity contribution in [3.63, 3.8) is 0 Å². The molecule has 1 saturated carbocycles. The van der Waals surface area contributed by atoms with Gasteiger partial charge in [0.25, 0.3) is 0 Å². The van der Waals surface area contributed by atoms with Gasteiger partial charge in [0.15, 0.2) is 0 Å². The topological polar surface area (TPSA) is 37.0 Å². The molecule has 17 heavy (non-hydrogen) atoms. The Hall–Kier alpha value is -1.25. The van der Waals surface area contributed by atoms with E-state index in [0.717, 1.165) is 24.1 Å². The molecule has 1 aromatic rings. The summed E-state index contributed by atoms with van der Waals surface area (Å²) < 4.78 is 0. The molecule has 3 nitrogen and oxygen atoms in total. The van der Waals surface area contributed by atoms with E-state index in [4.69, 9.17) is 0 Å². The van der Waals surface area contributed by atoms with Crippen LogP contribution in [0.25, 0.3) is 0 Å². The van der Waals surface area contributed by atoms with Gasteiger partial charge >= 0.3 is 0 Å². The van der Waals surface area contributed by atoms with Crippen LogP contribution in [0.1, 0.15) is 39.5 Å². The Morgan fingerprint density at radius 2 is 2.12 bits per heavy atom. The lowest BCUT2D eigenvalue weighted by atomic mass is 9.87. The summed E-state index contributed by atoms with van der Waals surface area (Å²) in [5, 5.41) is 6.80. The van der Waals surface area contributed by atoms with Gasteiger partial charge in [0.2, 0.25) is 0 Å². The summed E-state index contributed by atoms with van der Waals surface area (Å²) in [6.45, 7) is 5.35. The highest BCUT2D eigenvalue weighted by molar-refractivity contribution is 5.45. The van der Waals surface area contributed by atoms with Gasteiger partial charge in [-0.05, 0) is 37.8 Å². The van der Waals surface area contributed by atoms with Crippen LogP contribution in [0.3, 0.4) is 0 Å². The molecule has 0 aliphatic heterocycles. The lowest BCUT2D eigenvalue weighted by molar-refractivity contribution is 0.358. The monoisotopic (exact) mass is 233 g/mol. The number of rotatable bonds is 4. The van der Waals surface area contributed by atoms with E-state index in [1.54, 1.807) is 0 Å². The van der Waals surface area contributed by atoms with Gasteiger partial charge in [-0.15, -0.1) is 0 Å². The second kappa shape index (κ2) is 5.89. The van der Waals surface area contributed by atoms with Crippen molar-refractivity contribution in [3.05, 3.63) is 18.2 Å². The zero-order valence-electron chi connectivity index (χ0n) is 10.9. The molecule has 0 saturated heterocycles. The summed E-state index contributed by atoms with van der Waals surface area (Å²) in [5.41, 5.74) is 0. The first-order valence-corrected chi connectivity index (χ1v) is 6.75.